The summed E-state index contributed by atoms with van der Waals surface area (Å²) >= 11 is 11.9. The zero-order chi connectivity index (χ0) is 15.4. The third kappa shape index (κ3) is 3.96. The van der Waals surface area contributed by atoms with Gasteiger partial charge in [0.2, 0.25) is 5.88 Å². The maximum atomic E-state index is 10.9. The number of ether oxygens (including phenoxy) is 1. The Bertz CT molecular complexity index is 680. The van der Waals surface area contributed by atoms with Gasteiger partial charge >= 0.3 is 0 Å². The smallest absolute Gasteiger partial charge is 0.278 e. The highest BCUT2D eigenvalue weighted by molar-refractivity contribution is 6.34. The van der Waals surface area contributed by atoms with Gasteiger partial charge in [0.25, 0.3) is 5.69 Å². The summed E-state index contributed by atoms with van der Waals surface area (Å²) in [6.45, 7) is 2.43. The van der Waals surface area contributed by atoms with E-state index in [0.29, 0.717) is 22.4 Å². The Morgan fingerprint density at radius 2 is 2.10 bits per heavy atom. The Kier molecular flexibility index (Phi) is 4.82. The highest BCUT2D eigenvalue weighted by Gasteiger charge is 2.13. The normalized spacial score (nSPS) is 10.2. The molecule has 0 radical (unpaired) electrons. The summed E-state index contributed by atoms with van der Waals surface area (Å²) in [5.41, 5.74) is -0.130. The van der Waals surface area contributed by atoms with E-state index in [2.05, 4.69) is 10.3 Å². The molecule has 0 aliphatic heterocycles. The molecule has 1 heterocycles. The number of rotatable bonds is 5. The van der Waals surface area contributed by atoms with Crippen molar-refractivity contribution in [1.82, 2.24) is 4.98 Å². The van der Waals surface area contributed by atoms with E-state index in [-0.39, 0.29) is 17.3 Å². The summed E-state index contributed by atoms with van der Waals surface area (Å²) in [5.74, 6) is 0.684. The number of anilines is 1. The molecule has 1 aromatic heterocycles. The molecule has 0 aliphatic rings. The summed E-state index contributed by atoms with van der Waals surface area (Å²) < 4.78 is 5.50. The number of hydrogen-bond acceptors (Lipinski definition) is 5. The minimum atomic E-state index is -0.519. The number of halogens is 2. The Labute approximate surface area is 130 Å². The first-order valence-electron chi connectivity index (χ1n) is 6.03. The highest BCUT2D eigenvalue weighted by Crippen LogP contribution is 2.33. The molecule has 0 aliphatic carbocycles. The van der Waals surface area contributed by atoms with Crippen molar-refractivity contribution in [2.24, 2.45) is 0 Å². The van der Waals surface area contributed by atoms with Crippen molar-refractivity contribution in [3.8, 4) is 11.6 Å². The van der Waals surface area contributed by atoms with E-state index in [9.17, 15) is 10.1 Å². The van der Waals surface area contributed by atoms with E-state index >= 15 is 0 Å². The van der Waals surface area contributed by atoms with E-state index in [4.69, 9.17) is 27.9 Å². The quantitative estimate of drug-likeness (QED) is 0.645. The van der Waals surface area contributed by atoms with Crippen LogP contribution in [0.2, 0.25) is 10.0 Å². The summed E-state index contributed by atoms with van der Waals surface area (Å²) in [7, 11) is 0. The summed E-state index contributed by atoms with van der Waals surface area (Å²) in [5, 5.41) is 14.6. The average molecular weight is 328 g/mol. The minimum Gasteiger partial charge on any atom is -0.437 e. The molecule has 1 aromatic carbocycles. The van der Waals surface area contributed by atoms with Crippen LogP contribution in [0.5, 0.6) is 11.6 Å². The molecule has 0 saturated carbocycles. The molecule has 0 atom stereocenters. The standard InChI is InChI=1S/C13H11Cl2N3O3/c1-2-16-12-6-9(18(19)20)7-13(17-12)21-11-5-8(14)3-4-10(11)15/h3-7H,2H2,1H3,(H,16,17). The number of pyridine rings is 1. The molecular weight excluding hydrogens is 317 g/mol. The topological polar surface area (TPSA) is 77.3 Å². The minimum absolute atomic E-state index is 0.0596. The van der Waals surface area contributed by atoms with Crippen molar-refractivity contribution in [2.75, 3.05) is 11.9 Å². The second kappa shape index (κ2) is 6.60. The van der Waals surface area contributed by atoms with Gasteiger partial charge in [-0.1, -0.05) is 23.2 Å². The Morgan fingerprint density at radius 1 is 1.33 bits per heavy atom. The largest absolute Gasteiger partial charge is 0.437 e. The molecule has 0 spiro atoms. The second-order valence-electron chi connectivity index (χ2n) is 4.01. The molecule has 0 fully saturated rings. The maximum absolute atomic E-state index is 10.9. The first-order chi connectivity index (χ1) is 9.99. The zero-order valence-electron chi connectivity index (χ0n) is 11.0. The van der Waals surface area contributed by atoms with Crippen LogP contribution in [0.1, 0.15) is 6.92 Å². The van der Waals surface area contributed by atoms with Gasteiger partial charge in [-0.15, -0.1) is 0 Å². The first-order valence-corrected chi connectivity index (χ1v) is 6.78. The number of aromatic nitrogens is 1. The molecule has 2 aromatic rings. The lowest BCUT2D eigenvalue weighted by atomic mass is 10.3. The van der Waals surface area contributed by atoms with E-state index in [1.807, 2.05) is 6.92 Å². The third-order valence-corrected chi connectivity index (χ3v) is 3.01. The van der Waals surface area contributed by atoms with Crippen molar-refractivity contribution in [3.63, 3.8) is 0 Å². The van der Waals surface area contributed by atoms with Crippen LogP contribution in [-0.2, 0) is 0 Å². The van der Waals surface area contributed by atoms with E-state index in [1.165, 1.54) is 18.2 Å². The number of nitro groups is 1. The van der Waals surface area contributed by atoms with Crippen LogP contribution in [0.4, 0.5) is 11.5 Å². The molecule has 0 amide bonds. The monoisotopic (exact) mass is 327 g/mol. The summed E-state index contributed by atoms with van der Waals surface area (Å²) in [6.07, 6.45) is 0. The lowest BCUT2D eigenvalue weighted by molar-refractivity contribution is -0.384. The number of nitrogens with one attached hydrogen (secondary N) is 1. The van der Waals surface area contributed by atoms with Crippen LogP contribution in [0.15, 0.2) is 30.3 Å². The lowest BCUT2D eigenvalue weighted by Crippen LogP contribution is -2.02. The van der Waals surface area contributed by atoms with Crippen LogP contribution >= 0.6 is 23.2 Å². The van der Waals surface area contributed by atoms with E-state index < -0.39 is 4.92 Å². The molecule has 2 rings (SSSR count). The molecule has 8 heteroatoms. The van der Waals surface area contributed by atoms with Gasteiger partial charge in [-0.3, -0.25) is 10.1 Å². The van der Waals surface area contributed by atoms with Crippen LogP contribution in [0, 0.1) is 10.1 Å². The fourth-order valence-electron chi connectivity index (χ4n) is 1.59. The first kappa shape index (κ1) is 15.3. The van der Waals surface area contributed by atoms with Crippen LogP contribution in [0.3, 0.4) is 0 Å². The SMILES string of the molecule is CCNc1cc([N+](=O)[O-])cc(Oc2cc(Cl)ccc2Cl)n1. The van der Waals surface area contributed by atoms with Crippen molar-refractivity contribution in [2.45, 2.75) is 6.92 Å². The Balaban J connectivity index is 2.38. The van der Waals surface area contributed by atoms with Crippen LogP contribution in [-0.4, -0.2) is 16.5 Å². The summed E-state index contributed by atoms with van der Waals surface area (Å²) in [6, 6.07) is 7.24. The van der Waals surface area contributed by atoms with Gasteiger partial charge in [-0.2, -0.15) is 4.98 Å². The van der Waals surface area contributed by atoms with Gasteiger partial charge in [0.15, 0.2) is 0 Å². The molecular formula is C13H11Cl2N3O3. The number of hydrogen-bond donors (Lipinski definition) is 1. The Morgan fingerprint density at radius 3 is 2.76 bits per heavy atom. The number of benzene rings is 1. The fraction of sp³-hybridized carbons (Fsp3) is 0.154. The fourth-order valence-corrected chi connectivity index (χ4v) is 1.91. The van der Waals surface area contributed by atoms with Crippen molar-refractivity contribution in [3.05, 3.63) is 50.5 Å². The van der Waals surface area contributed by atoms with E-state index in [0.717, 1.165) is 0 Å². The van der Waals surface area contributed by atoms with Gasteiger partial charge in [0.05, 0.1) is 22.1 Å². The van der Waals surface area contributed by atoms with Gasteiger partial charge < -0.3 is 10.1 Å². The molecule has 0 unspecified atom stereocenters. The highest BCUT2D eigenvalue weighted by atomic mass is 35.5. The Hall–Kier alpha value is -2.05. The predicted octanol–water partition coefficient (Wildman–Crippen LogP) is 4.52. The van der Waals surface area contributed by atoms with Crippen molar-refractivity contribution < 1.29 is 9.66 Å². The molecule has 6 nitrogen and oxygen atoms in total. The maximum Gasteiger partial charge on any atom is 0.278 e. The molecule has 0 saturated heterocycles. The third-order valence-electron chi connectivity index (χ3n) is 2.46. The predicted molar refractivity (Wildman–Crippen MR) is 81.6 cm³/mol. The number of nitrogens with zero attached hydrogens (tertiary/aromatic N) is 2. The molecule has 110 valence electrons. The van der Waals surface area contributed by atoms with Crippen molar-refractivity contribution in [1.29, 1.82) is 0 Å². The van der Waals surface area contributed by atoms with Gasteiger partial charge in [-0.05, 0) is 19.1 Å². The van der Waals surface area contributed by atoms with Crippen LogP contribution < -0.4 is 10.1 Å². The zero-order valence-corrected chi connectivity index (χ0v) is 12.5. The van der Waals surface area contributed by atoms with Crippen molar-refractivity contribution >= 4 is 34.7 Å². The average Bonchev–Trinajstić information content (AvgIpc) is 2.43. The van der Waals surface area contributed by atoms with Gasteiger partial charge in [0.1, 0.15) is 11.6 Å². The lowest BCUT2D eigenvalue weighted by Gasteiger charge is -2.09. The summed E-state index contributed by atoms with van der Waals surface area (Å²) in [4.78, 5) is 14.5. The van der Waals surface area contributed by atoms with Gasteiger partial charge in [-0.25, -0.2) is 0 Å². The van der Waals surface area contributed by atoms with E-state index in [1.54, 1.807) is 12.1 Å². The molecule has 0 bridgehead atoms. The second-order valence-corrected chi connectivity index (χ2v) is 4.86. The van der Waals surface area contributed by atoms with Gasteiger partial charge in [0, 0.05) is 17.6 Å². The molecule has 21 heavy (non-hydrogen) atoms. The van der Waals surface area contributed by atoms with Crippen LogP contribution in [0.25, 0.3) is 0 Å². The molecule has 1 N–H and O–H groups in total.